The fraction of sp³-hybridized carbons (Fsp3) is 0.316. The highest BCUT2D eigenvalue weighted by Crippen LogP contribution is 2.11. The van der Waals surface area contributed by atoms with Crippen LogP contribution in [0.3, 0.4) is 0 Å². The molecule has 0 amide bonds. The standard InChI is InChI=1S/C19H23NO/c1-15(2)20(13-17-7-5-4-6-8-17)14-19(21)18-11-9-16(3)10-12-18/h4-12,15H,13-14H2,1-3H3. The van der Waals surface area contributed by atoms with Crippen molar-refractivity contribution in [2.45, 2.75) is 33.4 Å². The SMILES string of the molecule is Cc1ccc(C(=O)CN(Cc2ccccc2)C(C)C)cc1. The lowest BCUT2D eigenvalue weighted by Gasteiger charge is -2.25. The molecule has 21 heavy (non-hydrogen) atoms. The van der Waals surface area contributed by atoms with E-state index in [9.17, 15) is 4.79 Å². The molecule has 2 rings (SSSR count). The van der Waals surface area contributed by atoms with Gasteiger partial charge >= 0.3 is 0 Å². The number of Topliss-reactive ketones (excluding diaryl/α,β-unsaturated/α-hetero) is 1. The summed E-state index contributed by atoms with van der Waals surface area (Å²) in [5.41, 5.74) is 3.21. The lowest BCUT2D eigenvalue weighted by atomic mass is 10.1. The summed E-state index contributed by atoms with van der Waals surface area (Å²) >= 11 is 0. The molecule has 0 spiro atoms. The van der Waals surface area contributed by atoms with Gasteiger partial charge in [0.2, 0.25) is 0 Å². The second kappa shape index (κ2) is 7.19. The maximum Gasteiger partial charge on any atom is 0.176 e. The van der Waals surface area contributed by atoms with E-state index in [1.165, 1.54) is 11.1 Å². The average Bonchev–Trinajstić information content (AvgIpc) is 2.48. The molecule has 2 aromatic carbocycles. The van der Waals surface area contributed by atoms with Gasteiger partial charge in [-0.1, -0.05) is 60.2 Å². The molecule has 0 N–H and O–H groups in total. The molecule has 0 atom stereocenters. The van der Waals surface area contributed by atoms with Crippen molar-refractivity contribution in [3.63, 3.8) is 0 Å². The molecule has 0 unspecified atom stereocenters. The summed E-state index contributed by atoms with van der Waals surface area (Å²) in [6.45, 7) is 7.55. The Morgan fingerprint density at radius 1 is 1.00 bits per heavy atom. The Balaban J connectivity index is 2.06. The summed E-state index contributed by atoms with van der Waals surface area (Å²) in [6.07, 6.45) is 0. The zero-order chi connectivity index (χ0) is 15.2. The summed E-state index contributed by atoms with van der Waals surface area (Å²) < 4.78 is 0. The van der Waals surface area contributed by atoms with Crippen LogP contribution in [0.15, 0.2) is 54.6 Å². The fourth-order valence-corrected chi connectivity index (χ4v) is 2.25. The Bertz CT molecular complexity index is 572. The normalized spacial score (nSPS) is 11.1. The van der Waals surface area contributed by atoms with Gasteiger partial charge in [0, 0.05) is 18.2 Å². The van der Waals surface area contributed by atoms with Gasteiger partial charge in [-0.25, -0.2) is 0 Å². The third-order valence-corrected chi connectivity index (χ3v) is 3.68. The topological polar surface area (TPSA) is 20.3 Å². The van der Waals surface area contributed by atoms with E-state index < -0.39 is 0 Å². The number of ketones is 1. The monoisotopic (exact) mass is 281 g/mol. The maximum absolute atomic E-state index is 12.4. The van der Waals surface area contributed by atoms with E-state index in [1.54, 1.807) is 0 Å². The third-order valence-electron chi connectivity index (χ3n) is 3.68. The van der Waals surface area contributed by atoms with E-state index in [0.29, 0.717) is 12.6 Å². The Labute approximate surface area is 127 Å². The van der Waals surface area contributed by atoms with Gasteiger partial charge in [0.05, 0.1) is 6.54 Å². The number of rotatable bonds is 6. The molecule has 0 heterocycles. The minimum Gasteiger partial charge on any atom is -0.293 e. The van der Waals surface area contributed by atoms with Crippen LogP contribution in [-0.2, 0) is 6.54 Å². The average molecular weight is 281 g/mol. The summed E-state index contributed by atoms with van der Waals surface area (Å²) in [5.74, 6) is 0.180. The van der Waals surface area contributed by atoms with Crippen molar-refractivity contribution in [3.8, 4) is 0 Å². The zero-order valence-corrected chi connectivity index (χ0v) is 13.0. The van der Waals surface area contributed by atoms with E-state index in [0.717, 1.165) is 12.1 Å². The van der Waals surface area contributed by atoms with Crippen LogP contribution in [0, 0.1) is 6.92 Å². The Morgan fingerprint density at radius 3 is 2.19 bits per heavy atom. The molecule has 2 heteroatoms. The predicted octanol–water partition coefficient (Wildman–Crippen LogP) is 4.09. The fourth-order valence-electron chi connectivity index (χ4n) is 2.25. The summed E-state index contributed by atoms with van der Waals surface area (Å²) in [6, 6.07) is 18.4. The molecule has 2 nitrogen and oxygen atoms in total. The van der Waals surface area contributed by atoms with Crippen molar-refractivity contribution in [3.05, 3.63) is 71.3 Å². The van der Waals surface area contributed by atoms with Gasteiger partial charge in [0.25, 0.3) is 0 Å². The number of aryl methyl sites for hydroxylation is 1. The van der Waals surface area contributed by atoms with Crippen LogP contribution in [0.2, 0.25) is 0 Å². The first-order valence-corrected chi connectivity index (χ1v) is 7.44. The van der Waals surface area contributed by atoms with E-state index in [4.69, 9.17) is 0 Å². The minimum absolute atomic E-state index is 0.180. The van der Waals surface area contributed by atoms with Crippen molar-refractivity contribution in [2.75, 3.05) is 6.54 Å². The molecule has 0 bridgehead atoms. The van der Waals surface area contributed by atoms with Gasteiger partial charge in [-0.2, -0.15) is 0 Å². The molecule has 2 aromatic rings. The molecule has 0 fully saturated rings. The molecule has 0 aromatic heterocycles. The first kappa shape index (κ1) is 15.5. The van der Waals surface area contributed by atoms with Crippen molar-refractivity contribution in [1.29, 1.82) is 0 Å². The van der Waals surface area contributed by atoms with Crippen LogP contribution < -0.4 is 0 Å². The first-order chi connectivity index (χ1) is 10.1. The first-order valence-electron chi connectivity index (χ1n) is 7.44. The van der Waals surface area contributed by atoms with Gasteiger partial charge in [-0.15, -0.1) is 0 Å². The van der Waals surface area contributed by atoms with Gasteiger partial charge in [-0.05, 0) is 26.3 Å². The maximum atomic E-state index is 12.4. The van der Waals surface area contributed by atoms with Crippen LogP contribution in [0.5, 0.6) is 0 Å². The Kier molecular flexibility index (Phi) is 5.29. The summed E-state index contributed by atoms with van der Waals surface area (Å²) in [4.78, 5) is 14.6. The second-order valence-electron chi connectivity index (χ2n) is 5.77. The van der Waals surface area contributed by atoms with E-state index >= 15 is 0 Å². The van der Waals surface area contributed by atoms with E-state index in [2.05, 4.69) is 30.9 Å². The van der Waals surface area contributed by atoms with Crippen molar-refractivity contribution >= 4 is 5.78 Å². The number of carbonyl (C=O) groups excluding carboxylic acids is 1. The number of nitrogens with zero attached hydrogens (tertiary/aromatic N) is 1. The Morgan fingerprint density at radius 2 is 1.62 bits per heavy atom. The van der Waals surface area contributed by atoms with Crippen LogP contribution in [-0.4, -0.2) is 23.3 Å². The lowest BCUT2D eigenvalue weighted by Crippen LogP contribution is -2.35. The second-order valence-corrected chi connectivity index (χ2v) is 5.77. The van der Waals surface area contributed by atoms with Gasteiger partial charge < -0.3 is 0 Å². The Hall–Kier alpha value is -1.93. The van der Waals surface area contributed by atoms with Gasteiger partial charge in [-0.3, -0.25) is 9.69 Å². The highest BCUT2D eigenvalue weighted by molar-refractivity contribution is 5.97. The minimum atomic E-state index is 0.180. The summed E-state index contributed by atoms with van der Waals surface area (Å²) in [5, 5.41) is 0. The van der Waals surface area contributed by atoms with Crippen LogP contribution in [0.1, 0.15) is 35.3 Å². The number of hydrogen-bond donors (Lipinski definition) is 0. The number of carbonyl (C=O) groups is 1. The lowest BCUT2D eigenvalue weighted by molar-refractivity contribution is 0.0898. The quantitative estimate of drug-likeness (QED) is 0.743. The van der Waals surface area contributed by atoms with Crippen molar-refractivity contribution < 1.29 is 4.79 Å². The predicted molar refractivity (Wildman–Crippen MR) is 87.5 cm³/mol. The number of benzene rings is 2. The molecule has 0 aliphatic rings. The molecule has 0 aliphatic heterocycles. The van der Waals surface area contributed by atoms with Crippen LogP contribution >= 0.6 is 0 Å². The largest absolute Gasteiger partial charge is 0.293 e. The van der Waals surface area contributed by atoms with Crippen molar-refractivity contribution in [1.82, 2.24) is 4.90 Å². The molecule has 0 saturated heterocycles. The smallest absolute Gasteiger partial charge is 0.176 e. The molecule has 0 saturated carbocycles. The molecule has 0 aliphatic carbocycles. The molecular formula is C19H23NO. The van der Waals surface area contributed by atoms with Crippen LogP contribution in [0.25, 0.3) is 0 Å². The van der Waals surface area contributed by atoms with E-state index in [1.807, 2.05) is 49.4 Å². The highest BCUT2D eigenvalue weighted by Gasteiger charge is 2.15. The van der Waals surface area contributed by atoms with Crippen LogP contribution in [0.4, 0.5) is 0 Å². The van der Waals surface area contributed by atoms with Crippen molar-refractivity contribution in [2.24, 2.45) is 0 Å². The molecular weight excluding hydrogens is 258 g/mol. The zero-order valence-electron chi connectivity index (χ0n) is 13.0. The summed E-state index contributed by atoms with van der Waals surface area (Å²) in [7, 11) is 0. The number of hydrogen-bond acceptors (Lipinski definition) is 2. The highest BCUT2D eigenvalue weighted by atomic mass is 16.1. The molecule has 110 valence electrons. The van der Waals surface area contributed by atoms with Gasteiger partial charge in [0.15, 0.2) is 5.78 Å². The van der Waals surface area contributed by atoms with E-state index in [-0.39, 0.29) is 5.78 Å². The molecule has 0 radical (unpaired) electrons. The van der Waals surface area contributed by atoms with Gasteiger partial charge in [0.1, 0.15) is 0 Å². The third kappa shape index (κ3) is 4.54.